The molecule has 0 fully saturated rings. The summed E-state index contributed by atoms with van der Waals surface area (Å²) < 4.78 is 26.8. The van der Waals surface area contributed by atoms with Gasteiger partial charge in [-0.05, 0) is 30.2 Å². The number of nitrogen functional groups attached to an aromatic ring is 1. The van der Waals surface area contributed by atoms with Crippen molar-refractivity contribution in [2.75, 3.05) is 12.0 Å². The molecule has 0 saturated carbocycles. The van der Waals surface area contributed by atoms with E-state index in [0.29, 0.717) is 11.4 Å². The van der Waals surface area contributed by atoms with Crippen LogP contribution < -0.4 is 16.0 Å². The summed E-state index contributed by atoms with van der Waals surface area (Å²) in [6, 6.07) is 10.0. The normalized spacial score (nSPS) is 11.3. The Morgan fingerprint density at radius 2 is 1.90 bits per heavy atom. The fraction of sp³-hybridized carbons (Fsp3) is 0.154. The molecule has 2 rings (SSSR count). The molecule has 1 heterocycles. The van der Waals surface area contributed by atoms with Crippen LogP contribution in [0.15, 0.2) is 47.5 Å². The van der Waals surface area contributed by atoms with Crippen LogP contribution in [0.5, 0.6) is 0 Å². The van der Waals surface area contributed by atoms with E-state index in [-0.39, 0.29) is 17.3 Å². The molecule has 4 N–H and O–H groups in total. The summed E-state index contributed by atoms with van der Waals surface area (Å²) in [4.78, 5) is 3.98. The summed E-state index contributed by atoms with van der Waals surface area (Å²) in [6.45, 7) is 0.289. The number of hydrogen-bond donors (Lipinski definition) is 3. The van der Waals surface area contributed by atoms with Gasteiger partial charge < -0.3 is 5.43 Å². The molecule has 1 aromatic carbocycles. The van der Waals surface area contributed by atoms with Gasteiger partial charge in [0, 0.05) is 23.8 Å². The van der Waals surface area contributed by atoms with Gasteiger partial charge in [0.25, 0.3) is 0 Å². The highest BCUT2D eigenvalue weighted by molar-refractivity contribution is 7.89. The van der Waals surface area contributed by atoms with Crippen LogP contribution in [0.2, 0.25) is 5.02 Å². The standard InChI is InChI=1S/C13H15ClN4O2S/c14-11-3-1-10(2-4-11)5-8-17-21(19,20)12-6-7-16-13(9-12)18-15/h1-4,6-7,9,17H,5,8,15H2,(H,16,18). The number of anilines is 1. The Morgan fingerprint density at radius 3 is 2.57 bits per heavy atom. The third-order valence-electron chi connectivity index (χ3n) is 2.81. The number of nitrogens with two attached hydrogens (primary N) is 1. The summed E-state index contributed by atoms with van der Waals surface area (Å²) in [5.41, 5.74) is 3.31. The van der Waals surface area contributed by atoms with Gasteiger partial charge in [0.05, 0.1) is 4.90 Å². The van der Waals surface area contributed by atoms with Gasteiger partial charge in [-0.25, -0.2) is 24.0 Å². The maximum absolute atomic E-state index is 12.1. The molecule has 0 spiro atoms. The molecule has 8 heteroatoms. The Balaban J connectivity index is 1.99. The first-order chi connectivity index (χ1) is 10.0. The quantitative estimate of drug-likeness (QED) is 0.552. The van der Waals surface area contributed by atoms with Gasteiger partial charge in [-0.3, -0.25) is 0 Å². The minimum Gasteiger partial charge on any atom is -0.308 e. The minimum atomic E-state index is -3.58. The molecule has 0 aliphatic carbocycles. The first-order valence-electron chi connectivity index (χ1n) is 6.18. The average molecular weight is 327 g/mol. The Kier molecular flexibility index (Phi) is 5.13. The molecule has 0 amide bonds. The van der Waals surface area contributed by atoms with E-state index < -0.39 is 10.0 Å². The third kappa shape index (κ3) is 4.40. The van der Waals surface area contributed by atoms with Crippen LogP contribution in [0.1, 0.15) is 5.56 Å². The van der Waals surface area contributed by atoms with E-state index in [9.17, 15) is 8.42 Å². The first-order valence-corrected chi connectivity index (χ1v) is 8.04. The fourth-order valence-corrected chi connectivity index (χ4v) is 2.89. The molecule has 0 radical (unpaired) electrons. The predicted octanol–water partition coefficient (Wildman–Crippen LogP) is 1.54. The zero-order valence-corrected chi connectivity index (χ0v) is 12.7. The van der Waals surface area contributed by atoms with Crippen LogP contribution >= 0.6 is 11.6 Å². The highest BCUT2D eigenvalue weighted by Gasteiger charge is 2.14. The maximum atomic E-state index is 12.1. The summed E-state index contributed by atoms with van der Waals surface area (Å²) in [7, 11) is -3.58. The Hall–Kier alpha value is -1.67. The lowest BCUT2D eigenvalue weighted by molar-refractivity contribution is 0.581. The first kappa shape index (κ1) is 15.7. The lowest BCUT2D eigenvalue weighted by atomic mass is 10.2. The molecule has 1 aromatic heterocycles. The molecule has 0 saturated heterocycles. The number of benzene rings is 1. The van der Waals surface area contributed by atoms with E-state index in [2.05, 4.69) is 15.1 Å². The second-order valence-electron chi connectivity index (χ2n) is 4.30. The second-order valence-corrected chi connectivity index (χ2v) is 6.50. The number of hydrogen-bond acceptors (Lipinski definition) is 5. The molecular formula is C13H15ClN4O2S. The van der Waals surface area contributed by atoms with Gasteiger partial charge in [-0.2, -0.15) is 0 Å². The van der Waals surface area contributed by atoms with Gasteiger partial charge in [-0.15, -0.1) is 0 Å². The summed E-state index contributed by atoms with van der Waals surface area (Å²) in [6.07, 6.45) is 1.95. The van der Waals surface area contributed by atoms with Crippen LogP contribution in [-0.2, 0) is 16.4 Å². The van der Waals surface area contributed by atoms with Gasteiger partial charge >= 0.3 is 0 Å². The number of nitrogens with zero attached hydrogens (tertiary/aromatic N) is 1. The molecule has 0 unspecified atom stereocenters. The molecule has 21 heavy (non-hydrogen) atoms. The number of aromatic nitrogens is 1. The smallest absolute Gasteiger partial charge is 0.240 e. The zero-order chi connectivity index (χ0) is 15.3. The molecule has 0 aliphatic heterocycles. The van der Waals surface area contributed by atoms with Crippen LogP contribution in [0.3, 0.4) is 0 Å². The highest BCUT2D eigenvalue weighted by Crippen LogP contribution is 2.12. The van der Waals surface area contributed by atoms with E-state index >= 15 is 0 Å². The number of pyridine rings is 1. The van der Waals surface area contributed by atoms with E-state index in [1.807, 2.05) is 12.1 Å². The third-order valence-corrected chi connectivity index (χ3v) is 4.52. The van der Waals surface area contributed by atoms with Crippen LogP contribution in [0, 0.1) is 0 Å². The van der Waals surface area contributed by atoms with Gasteiger partial charge in [0.1, 0.15) is 5.82 Å². The van der Waals surface area contributed by atoms with E-state index in [4.69, 9.17) is 17.4 Å². The molecule has 112 valence electrons. The van der Waals surface area contributed by atoms with Crippen LogP contribution in [0.4, 0.5) is 5.82 Å². The van der Waals surface area contributed by atoms with E-state index in [1.54, 1.807) is 12.1 Å². The van der Waals surface area contributed by atoms with E-state index in [0.717, 1.165) is 5.56 Å². The second kappa shape index (κ2) is 6.86. The molecule has 6 nitrogen and oxygen atoms in total. The molecule has 0 aliphatic rings. The Morgan fingerprint density at radius 1 is 1.19 bits per heavy atom. The summed E-state index contributed by atoms with van der Waals surface area (Å²) >= 11 is 5.79. The van der Waals surface area contributed by atoms with Crippen molar-refractivity contribution in [2.24, 2.45) is 5.84 Å². The van der Waals surface area contributed by atoms with Crippen molar-refractivity contribution in [1.82, 2.24) is 9.71 Å². The van der Waals surface area contributed by atoms with Gasteiger partial charge in [-0.1, -0.05) is 23.7 Å². The monoisotopic (exact) mass is 326 g/mol. The van der Waals surface area contributed by atoms with Crippen molar-refractivity contribution >= 4 is 27.4 Å². The van der Waals surface area contributed by atoms with Crippen LogP contribution in [0.25, 0.3) is 0 Å². The van der Waals surface area contributed by atoms with Gasteiger partial charge in [0.15, 0.2) is 0 Å². The lowest BCUT2D eigenvalue weighted by Gasteiger charge is -2.08. The molecule has 2 aromatic rings. The van der Waals surface area contributed by atoms with Crippen molar-refractivity contribution in [3.63, 3.8) is 0 Å². The largest absolute Gasteiger partial charge is 0.308 e. The minimum absolute atomic E-state index is 0.113. The predicted molar refractivity (Wildman–Crippen MR) is 82.4 cm³/mol. The Bertz CT molecular complexity index is 704. The number of nitrogens with one attached hydrogen (secondary N) is 2. The van der Waals surface area contributed by atoms with E-state index in [1.165, 1.54) is 18.3 Å². The lowest BCUT2D eigenvalue weighted by Crippen LogP contribution is -2.26. The summed E-state index contributed by atoms with van der Waals surface area (Å²) in [5, 5.41) is 0.651. The van der Waals surface area contributed by atoms with Crippen molar-refractivity contribution in [3.05, 3.63) is 53.2 Å². The number of rotatable bonds is 6. The number of sulfonamides is 1. The molecular weight excluding hydrogens is 312 g/mol. The maximum Gasteiger partial charge on any atom is 0.240 e. The zero-order valence-electron chi connectivity index (χ0n) is 11.1. The van der Waals surface area contributed by atoms with Crippen molar-refractivity contribution < 1.29 is 8.42 Å². The van der Waals surface area contributed by atoms with Crippen LogP contribution in [-0.4, -0.2) is 19.9 Å². The molecule has 0 atom stereocenters. The van der Waals surface area contributed by atoms with Crippen molar-refractivity contribution in [2.45, 2.75) is 11.3 Å². The van der Waals surface area contributed by atoms with Crippen molar-refractivity contribution in [3.8, 4) is 0 Å². The topological polar surface area (TPSA) is 97.1 Å². The number of halogens is 1. The van der Waals surface area contributed by atoms with Crippen molar-refractivity contribution in [1.29, 1.82) is 0 Å². The van der Waals surface area contributed by atoms with Gasteiger partial charge in [0.2, 0.25) is 10.0 Å². The Labute approximate surface area is 128 Å². The SMILES string of the molecule is NNc1cc(S(=O)(=O)NCCc2ccc(Cl)cc2)ccn1. The highest BCUT2D eigenvalue weighted by atomic mass is 35.5. The molecule has 0 bridgehead atoms. The number of hydrazine groups is 1. The average Bonchev–Trinajstić information content (AvgIpc) is 2.49. The fourth-order valence-electron chi connectivity index (χ4n) is 1.72. The summed E-state index contributed by atoms with van der Waals surface area (Å²) in [5.74, 6) is 5.50.